The van der Waals surface area contributed by atoms with E-state index in [1.54, 1.807) is 18.2 Å². The molecule has 18 heavy (non-hydrogen) atoms. The molecule has 0 aliphatic heterocycles. The van der Waals surface area contributed by atoms with E-state index in [1.807, 2.05) is 0 Å². The number of hydrogen-bond acceptors (Lipinski definition) is 2. The minimum Gasteiger partial charge on any atom is -0.314 e. The fourth-order valence-electron chi connectivity index (χ4n) is 1.58. The van der Waals surface area contributed by atoms with Crippen LogP contribution in [-0.4, -0.2) is 22.5 Å². The lowest BCUT2D eigenvalue weighted by atomic mass is 10.2. The van der Waals surface area contributed by atoms with Gasteiger partial charge in [0.2, 0.25) is 0 Å². The molecule has 0 aromatic heterocycles. The van der Waals surface area contributed by atoms with Crippen LogP contribution in [0.1, 0.15) is 26.7 Å². The minimum absolute atomic E-state index is 0.357. The first-order valence-electron chi connectivity index (χ1n) is 6.12. The fraction of sp³-hybridized carbons (Fsp3) is 0.538. The average Bonchev–Trinajstić information content (AvgIpc) is 2.33. The van der Waals surface area contributed by atoms with E-state index in [9.17, 15) is 4.21 Å². The molecule has 0 heterocycles. The van der Waals surface area contributed by atoms with Crippen molar-refractivity contribution in [2.45, 2.75) is 37.6 Å². The minimum atomic E-state index is -1.14. The first-order chi connectivity index (χ1) is 8.56. The van der Waals surface area contributed by atoms with Gasteiger partial charge in [-0.2, -0.15) is 0 Å². The lowest BCUT2D eigenvalue weighted by Crippen LogP contribution is -2.28. The van der Waals surface area contributed by atoms with Gasteiger partial charge in [0.05, 0.1) is 25.7 Å². The lowest BCUT2D eigenvalue weighted by Gasteiger charge is -2.13. The molecule has 0 aliphatic rings. The highest BCUT2D eigenvalue weighted by Gasteiger charge is 2.13. The topological polar surface area (TPSA) is 29.1 Å². The predicted octanol–water partition coefficient (Wildman–Crippen LogP) is 3.88. The highest BCUT2D eigenvalue weighted by atomic mass is 35.5. The van der Waals surface area contributed by atoms with Gasteiger partial charge in [0.25, 0.3) is 0 Å². The third-order valence-corrected chi connectivity index (χ3v) is 4.98. The van der Waals surface area contributed by atoms with Gasteiger partial charge in [-0.1, -0.05) is 36.2 Å². The Hall–Kier alpha value is -0.0900. The van der Waals surface area contributed by atoms with Gasteiger partial charge in [-0.25, -0.2) is 0 Å². The summed E-state index contributed by atoms with van der Waals surface area (Å²) in [6, 6.07) is 5.56. The van der Waals surface area contributed by atoms with Crippen molar-refractivity contribution < 1.29 is 4.21 Å². The van der Waals surface area contributed by atoms with Crippen molar-refractivity contribution in [2.75, 3.05) is 12.3 Å². The number of halogens is 2. The third-order valence-electron chi connectivity index (χ3n) is 2.63. The molecule has 0 saturated carbocycles. The van der Waals surface area contributed by atoms with Crippen molar-refractivity contribution in [1.82, 2.24) is 5.32 Å². The molecule has 0 fully saturated rings. The molecule has 0 saturated heterocycles. The predicted molar refractivity (Wildman–Crippen MR) is 80.1 cm³/mol. The maximum atomic E-state index is 12.2. The summed E-state index contributed by atoms with van der Waals surface area (Å²) in [6.45, 7) is 5.21. The van der Waals surface area contributed by atoms with E-state index < -0.39 is 10.8 Å². The number of benzene rings is 1. The van der Waals surface area contributed by atoms with Crippen molar-refractivity contribution in [2.24, 2.45) is 0 Å². The molecule has 102 valence electrons. The first-order valence-corrected chi connectivity index (χ1v) is 8.19. The third kappa shape index (κ3) is 4.88. The van der Waals surface area contributed by atoms with Crippen LogP contribution < -0.4 is 5.32 Å². The van der Waals surface area contributed by atoms with E-state index >= 15 is 0 Å². The Morgan fingerprint density at radius 2 is 1.94 bits per heavy atom. The van der Waals surface area contributed by atoms with Crippen LogP contribution in [0.2, 0.25) is 10.0 Å². The van der Waals surface area contributed by atoms with Gasteiger partial charge in [-0.3, -0.25) is 4.21 Å². The van der Waals surface area contributed by atoms with Crippen LogP contribution in [0.3, 0.4) is 0 Å². The summed E-state index contributed by atoms with van der Waals surface area (Å²) in [4.78, 5) is 0.559. The van der Waals surface area contributed by atoms with E-state index in [0.29, 0.717) is 26.7 Å². The summed E-state index contributed by atoms with van der Waals surface area (Å²) >= 11 is 12.1. The molecule has 0 bridgehead atoms. The number of hydrogen-bond donors (Lipinski definition) is 1. The molecule has 2 nitrogen and oxygen atoms in total. The fourth-order valence-corrected chi connectivity index (χ4v) is 3.84. The molecular formula is C13H19Cl2NOS. The summed E-state index contributed by atoms with van der Waals surface area (Å²) in [7, 11) is -1.14. The second kappa shape index (κ2) is 8.16. The van der Waals surface area contributed by atoms with Crippen LogP contribution in [0.5, 0.6) is 0 Å². The van der Waals surface area contributed by atoms with Crippen LogP contribution in [0.4, 0.5) is 0 Å². The van der Waals surface area contributed by atoms with E-state index in [-0.39, 0.29) is 0 Å². The van der Waals surface area contributed by atoms with E-state index in [1.165, 1.54) is 0 Å². The van der Waals surface area contributed by atoms with Crippen LogP contribution >= 0.6 is 23.2 Å². The molecule has 1 aromatic rings. The largest absolute Gasteiger partial charge is 0.314 e. The van der Waals surface area contributed by atoms with Gasteiger partial charge in [-0.15, -0.1) is 0 Å². The zero-order valence-corrected chi connectivity index (χ0v) is 13.0. The Morgan fingerprint density at radius 1 is 1.33 bits per heavy atom. The van der Waals surface area contributed by atoms with Gasteiger partial charge < -0.3 is 5.32 Å². The maximum absolute atomic E-state index is 12.2. The molecule has 1 N–H and O–H groups in total. The lowest BCUT2D eigenvalue weighted by molar-refractivity contribution is 0.533. The van der Waals surface area contributed by atoms with Crippen LogP contribution in [0, 0.1) is 0 Å². The first kappa shape index (κ1) is 16.0. The highest BCUT2D eigenvalue weighted by Crippen LogP contribution is 2.28. The van der Waals surface area contributed by atoms with E-state index in [4.69, 9.17) is 23.2 Å². The molecule has 0 aliphatic carbocycles. The van der Waals surface area contributed by atoms with Crippen LogP contribution in [0.15, 0.2) is 23.1 Å². The Bertz CT molecular complexity index is 392. The summed E-state index contributed by atoms with van der Waals surface area (Å²) < 4.78 is 12.2. The Balaban J connectivity index is 2.55. The van der Waals surface area contributed by atoms with Crippen molar-refractivity contribution >= 4 is 34.0 Å². The summed E-state index contributed by atoms with van der Waals surface area (Å²) in [5.74, 6) is 0.571. The molecule has 2 atom stereocenters. The van der Waals surface area contributed by atoms with E-state index in [2.05, 4.69) is 19.2 Å². The van der Waals surface area contributed by atoms with Crippen molar-refractivity contribution in [3.63, 3.8) is 0 Å². The SMILES string of the molecule is CCCNC(C)CCS(=O)c1c(Cl)cccc1Cl. The molecule has 1 rings (SSSR count). The molecule has 0 spiro atoms. The molecule has 0 amide bonds. The Labute approximate surface area is 122 Å². The average molecular weight is 308 g/mol. The summed E-state index contributed by atoms with van der Waals surface area (Å²) in [5, 5.41) is 4.33. The molecule has 2 unspecified atom stereocenters. The number of rotatable bonds is 7. The quantitative estimate of drug-likeness (QED) is 0.828. The van der Waals surface area contributed by atoms with E-state index in [0.717, 1.165) is 19.4 Å². The number of nitrogens with one attached hydrogen (secondary N) is 1. The van der Waals surface area contributed by atoms with Crippen molar-refractivity contribution in [3.8, 4) is 0 Å². The Kier molecular flexibility index (Phi) is 7.23. The van der Waals surface area contributed by atoms with Crippen molar-refractivity contribution in [3.05, 3.63) is 28.2 Å². The summed E-state index contributed by atoms with van der Waals surface area (Å²) in [6.07, 6.45) is 1.94. The van der Waals surface area contributed by atoms with Gasteiger partial charge in [0, 0.05) is 11.8 Å². The second-order valence-corrected chi connectivity index (χ2v) is 6.57. The highest BCUT2D eigenvalue weighted by molar-refractivity contribution is 7.85. The molecular weight excluding hydrogens is 289 g/mol. The second-order valence-electron chi connectivity index (χ2n) is 4.24. The van der Waals surface area contributed by atoms with Crippen LogP contribution in [0.25, 0.3) is 0 Å². The standard InChI is InChI=1S/C13H19Cl2NOS/c1-3-8-16-10(2)7-9-18(17)13-11(14)5-4-6-12(13)15/h4-6,10,16H,3,7-9H2,1-2H3. The van der Waals surface area contributed by atoms with Crippen LogP contribution in [-0.2, 0) is 10.8 Å². The Morgan fingerprint density at radius 3 is 2.50 bits per heavy atom. The van der Waals surface area contributed by atoms with Gasteiger partial charge in [0.15, 0.2) is 0 Å². The zero-order chi connectivity index (χ0) is 13.5. The normalized spacial score (nSPS) is 14.4. The monoisotopic (exact) mass is 307 g/mol. The maximum Gasteiger partial charge on any atom is 0.0760 e. The van der Waals surface area contributed by atoms with Gasteiger partial charge in [-0.05, 0) is 38.4 Å². The summed E-state index contributed by atoms with van der Waals surface area (Å²) in [5.41, 5.74) is 0. The smallest absolute Gasteiger partial charge is 0.0760 e. The van der Waals surface area contributed by atoms with Gasteiger partial charge in [0.1, 0.15) is 0 Å². The van der Waals surface area contributed by atoms with Gasteiger partial charge >= 0.3 is 0 Å². The molecule has 1 aromatic carbocycles. The van der Waals surface area contributed by atoms with Crippen molar-refractivity contribution in [1.29, 1.82) is 0 Å². The molecule has 0 radical (unpaired) electrons. The molecule has 5 heteroatoms. The zero-order valence-electron chi connectivity index (χ0n) is 10.7.